The van der Waals surface area contributed by atoms with Crippen LogP contribution in [-0.2, 0) is 43.5 Å². The summed E-state index contributed by atoms with van der Waals surface area (Å²) in [4.78, 5) is 0. The third kappa shape index (κ3) is 6.37. The van der Waals surface area contributed by atoms with E-state index in [4.69, 9.17) is 0 Å². The van der Waals surface area contributed by atoms with Crippen molar-refractivity contribution in [1.29, 1.82) is 0 Å². The van der Waals surface area contributed by atoms with Gasteiger partial charge in [0.1, 0.15) is 0 Å². The topological polar surface area (TPSA) is 0 Å². The summed E-state index contributed by atoms with van der Waals surface area (Å²) < 4.78 is 0. The minimum atomic E-state index is -1.98. The van der Waals surface area contributed by atoms with E-state index in [1.807, 2.05) is 0 Å². The number of benzene rings is 4. The number of hydrogen-bond acceptors (Lipinski definition) is 0. The van der Waals surface area contributed by atoms with Crippen molar-refractivity contribution >= 4 is 35.3 Å². The summed E-state index contributed by atoms with van der Waals surface area (Å²) in [7, 11) is -1.98. The summed E-state index contributed by atoms with van der Waals surface area (Å²) in [5, 5.41) is 6.37. The Morgan fingerprint density at radius 1 is 0.735 bits per heavy atom. The molecule has 0 aromatic heterocycles. The molecule has 5 aromatic rings. The average molecular weight is 782 g/mol. The van der Waals surface area contributed by atoms with Gasteiger partial charge in [0.2, 0.25) is 0 Å². The zero-order chi connectivity index (χ0) is 32.9. The van der Waals surface area contributed by atoms with Crippen LogP contribution in [-0.4, -0.2) is 8.07 Å². The first kappa shape index (κ1) is 39.7. The number of halogens is 2. The molecular weight excluding hydrogens is 731 g/mol. The van der Waals surface area contributed by atoms with Crippen LogP contribution in [0.4, 0.5) is 0 Å². The van der Waals surface area contributed by atoms with Crippen LogP contribution in [0.2, 0.25) is 13.1 Å². The first-order chi connectivity index (χ1) is 21.6. The fourth-order valence-corrected chi connectivity index (χ4v) is 12.7. The van der Waals surface area contributed by atoms with Crippen molar-refractivity contribution in [2.45, 2.75) is 98.6 Å². The third-order valence-corrected chi connectivity index (χ3v) is 14.7. The third-order valence-electron chi connectivity index (χ3n) is 11.1. The first-order valence-corrected chi connectivity index (χ1v) is 20.5. The van der Waals surface area contributed by atoms with Gasteiger partial charge in [0.15, 0.2) is 0 Å². The van der Waals surface area contributed by atoms with Gasteiger partial charge < -0.3 is 24.8 Å². The van der Waals surface area contributed by atoms with Gasteiger partial charge in [-0.25, -0.2) is 0 Å². The number of hydrogen-bond donors (Lipinski definition) is 0. The van der Waals surface area contributed by atoms with Crippen molar-refractivity contribution in [3.8, 4) is 22.3 Å². The second-order valence-electron chi connectivity index (χ2n) is 16.9. The fraction of sp³-hybridized carbons (Fsp3) is 0.356. The maximum atomic E-state index is 2.63. The molecule has 1 aliphatic heterocycles. The van der Waals surface area contributed by atoms with E-state index in [1.165, 1.54) is 49.9 Å². The second kappa shape index (κ2) is 13.8. The van der Waals surface area contributed by atoms with Crippen LogP contribution in [0, 0.1) is 5.92 Å². The molecule has 1 atom stereocenters. The molecule has 0 amide bonds. The predicted molar refractivity (Wildman–Crippen MR) is 205 cm³/mol. The van der Waals surface area contributed by atoms with Gasteiger partial charge in [-0.05, 0) is 62.1 Å². The summed E-state index contributed by atoms with van der Waals surface area (Å²) in [5.41, 5.74) is 16.2. The summed E-state index contributed by atoms with van der Waals surface area (Å²) in [6.45, 7) is 26.2. The zero-order valence-electron chi connectivity index (χ0n) is 31.2. The molecule has 0 nitrogen and oxygen atoms in total. The SMILES string of the molecule is CCc1[cH-]c2cc(C3C(C(C)C)=Cc4c(-c5ccc(C(C)(C)C)cc5)cccc43)c3c(-c4ccc(C(C)(C)C)cc4)c2c1[Si]3(C)C.[Cl-].[Cl-].[Zr+3]. The average Bonchev–Trinajstić information content (AvgIpc) is 3.63. The molecule has 5 aromatic carbocycles. The van der Waals surface area contributed by atoms with Gasteiger partial charge in [-0.1, -0.05) is 170 Å². The standard InChI is InChI=1S/C45H51Si.2ClH.Zr/c1-12-28-24-31-25-38(43-39(40(31)42(28)46(43,10)11)30-18-22-33(23-19-30)45(7,8)9)41-35-15-13-14-34(37(35)26-36(41)27(2)3)29-16-20-32(21-17-29)44(4,5)6;;;/h13-27,41H,12H2,1-11H3;2*1H;/q-1;;;+3/p-2. The Morgan fingerprint density at radius 2 is 1.29 bits per heavy atom. The number of rotatable bonds is 5. The molecule has 0 saturated carbocycles. The van der Waals surface area contributed by atoms with Crippen LogP contribution in [0.1, 0.15) is 102 Å². The van der Waals surface area contributed by atoms with Gasteiger partial charge in [-0.2, -0.15) is 0 Å². The largest absolute Gasteiger partial charge is 3.00 e. The summed E-state index contributed by atoms with van der Waals surface area (Å²) in [5.74, 6) is 0.736. The minimum Gasteiger partial charge on any atom is -1.00 e. The normalized spacial score (nSPS) is 15.9. The Bertz CT molecular complexity index is 2030. The Balaban J connectivity index is 0.00000180. The maximum Gasteiger partial charge on any atom is 3.00 e. The zero-order valence-corrected chi connectivity index (χ0v) is 36.2. The van der Waals surface area contributed by atoms with Gasteiger partial charge >= 0.3 is 26.2 Å². The van der Waals surface area contributed by atoms with E-state index in [2.05, 4.69) is 160 Å². The number of fused-ring (bicyclic) bond motifs is 2. The molecule has 1 heterocycles. The van der Waals surface area contributed by atoms with Crippen molar-refractivity contribution < 1.29 is 51.0 Å². The molecule has 4 heteroatoms. The smallest absolute Gasteiger partial charge is 1.00 e. The van der Waals surface area contributed by atoms with Gasteiger partial charge in [-0.15, -0.1) is 33.7 Å². The molecule has 1 unspecified atom stereocenters. The summed E-state index contributed by atoms with van der Waals surface area (Å²) in [6.07, 6.45) is 3.66. The molecule has 0 fully saturated rings. The Morgan fingerprint density at radius 3 is 1.80 bits per heavy atom. The molecule has 0 N–H and O–H groups in total. The Labute approximate surface area is 328 Å². The molecule has 2 aliphatic rings. The van der Waals surface area contributed by atoms with Gasteiger partial charge in [0.05, 0.1) is 8.07 Å². The van der Waals surface area contributed by atoms with Crippen LogP contribution in [0.3, 0.4) is 0 Å². The molecule has 49 heavy (non-hydrogen) atoms. The van der Waals surface area contributed by atoms with Gasteiger partial charge in [0, 0.05) is 5.92 Å². The molecule has 7 rings (SSSR count). The molecular formula is C45H51Cl2SiZr. The van der Waals surface area contributed by atoms with E-state index < -0.39 is 8.07 Å². The Hall–Kier alpha value is -2.09. The fourth-order valence-electron chi connectivity index (χ4n) is 8.65. The van der Waals surface area contributed by atoms with Crippen molar-refractivity contribution in [2.75, 3.05) is 0 Å². The molecule has 253 valence electrons. The van der Waals surface area contributed by atoms with Crippen molar-refractivity contribution in [2.24, 2.45) is 5.92 Å². The van der Waals surface area contributed by atoms with E-state index in [9.17, 15) is 0 Å². The Kier molecular flexibility index (Phi) is 11.2. The molecule has 0 saturated heterocycles. The first-order valence-electron chi connectivity index (χ1n) is 17.5. The predicted octanol–water partition coefficient (Wildman–Crippen LogP) is 5.38. The molecule has 1 radical (unpaired) electrons. The quantitative estimate of drug-likeness (QED) is 0.166. The van der Waals surface area contributed by atoms with Crippen molar-refractivity contribution in [3.05, 3.63) is 118 Å². The minimum absolute atomic E-state index is 0. The van der Waals surface area contributed by atoms with Crippen LogP contribution in [0.25, 0.3) is 39.1 Å². The summed E-state index contributed by atoms with van der Waals surface area (Å²) >= 11 is 0. The van der Waals surface area contributed by atoms with E-state index in [0.717, 1.165) is 6.42 Å². The van der Waals surface area contributed by atoms with Crippen molar-refractivity contribution in [3.63, 3.8) is 0 Å². The van der Waals surface area contributed by atoms with E-state index in [1.54, 1.807) is 32.5 Å². The number of aryl methyl sites for hydroxylation is 1. The molecule has 2 bridgehead atoms. The monoisotopic (exact) mass is 779 g/mol. The van der Waals surface area contributed by atoms with Crippen LogP contribution in [0.5, 0.6) is 0 Å². The maximum absolute atomic E-state index is 2.63. The summed E-state index contributed by atoms with van der Waals surface area (Å²) in [6, 6.07) is 31.1. The van der Waals surface area contributed by atoms with Crippen LogP contribution in [0.15, 0.2) is 84.4 Å². The molecule has 1 aliphatic carbocycles. The van der Waals surface area contributed by atoms with Gasteiger partial charge in [0.25, 0.3) is 0 Å². The van der Waals surface area contributed by atoms with E-state index in [-0.39, 0.29) is 67.8 Å². The van der Waals surface area contributed by atoms with E-state index >= 15 is 0 Å². The second-order valence-corrected chi connectivity index (χ2v) is 21.1. The molecule has 0 spiro atoms. The van der Waals surface area contributed by atoms with E-state index in [0.29, 0.717) is 5.92 Å². The van der Waals surface area contributed by atoms with Crippen LogP contribution >= 0.6 is 0 Å². The van der Waals surface area contributed by atoms with Crippen LogP contribution < -0.4 is 35.2 Å². The van der Waals surface area contributed by atoms with Gasteiger partial charge in [-0.3, -0.25) is 0 Å². The van der Waals surface area contributed by atoms with Crippen molar-refractivity contribution in [1.82, 2.24) is 0 Å². The number of allylic oxidation sites excluding steroid dienone is 1.